The van der Waals surface area contributed by atoms with Crippen LogP contribution in [-0.4, -0.2) is 18.1 Å². The molecule has 2 aromatic rings. The maximum atomic E-state index is 11.4. The Bertz CT molecular complexity index is 592. The van der Waals surface area contributed by atoms with Crippen LogP contribution in [0.2, 0.25) is 0 Å². The molecule has 0 saturated heterocycles. The van der Waals surface area contributed by atoms with Gasteiger partial charge in [-0.25, -0.2) is 0 Å². The Morgan fingerprint density at radius 1 is 1.42 bits per heavy atom. The van der Waals surface area contributed by atoms with Gasteiger partial charge in [0.1, 0.15) is 0 Å². The highest BCUT2D eigenvalue weighted by molar-refractivity contribution is 5.95. The van der Waals surface area contributed by atoms with Crippen molar-refractivity contribution in [1.82, 2.24) is 10.5 Å². The van der Waals surface area contributed by atoms with Crippen LogP contribution in [0.1, 0.15) is 21.8 Å². The number of aryl methyl sites for hydroxylation is 1. The first-order chi connectivity index (χ1) is 9.10. The second-order valence-corrected chi connectivity index (χ2v) is 4.17. The van der Waals surface area contributed by atoms with Crippen LogP contribution in [0.25, 0.3) is 0 Å². The predicted octanol–water partition coefficient (Wildman–Crippen LogP) is 1.54. The number of rotatable bonds is 4. The summed E-state index contributed by atoms with van der Waals surface area (Å²) in [7, 11) is 1.58. The Hall–Kier alpha value is -2.50. The zero-order valence-corrected chi connectivity index (χ0v) is 10.9. The molecular formula is C13H16N4O2. The van der Waals surface area contributed by atoms with E-state index >= 15 is 0 Å². The third kappa shape index (κ3) is 3.04. The van der Waals surface area contributed by atoms with E-state index in [1.54, 1.807) is 25.2 Å². The van der Waals surface area contributed by atoms with Crippen LogP contribution < -0.4 is 16.4 Å². The van der Waals surface area contributed by atoms with Crippen molar-refractivity contribution in [2.24, 2.45) is 0 Å². The Morgan fingerprint density at radius 2 is 2.21 bits per heavy atom. The molecule has 0 saturated carbocycles. The topological polar surface area (TPSA) is 93.2 Å². The molecule has 0 unspecified atom stereocenters. The van der Waals surface area contributed by atoms with Gasteiger partial charge in [0, 0.05) is 18.7 Å². The van der Waals surface area contributed by atoms with E-state index in [2.05, 4.69) is 15.8 Å². The van der Waals surface area contributed by atoms with Crippen LogP contribution in [0.3, 0.4) is 0 Å². The summed E-state index contributed by atoms with van der Waals surface area (Å²) in [5.74, 6) is 0.566. The zero-order chi connectivity index (χ0) is 13.8. The van der Waals surface area contributed by atoms with E-state index in [0.717, 1.165) is 17.1 Å². The number of carbonyl (C=O) groups is 1. The van der Waals surface area contributed by atoms with Gasteiger partial charge in [-0.05, 0) is 25.1 Å². The summed E-state index contributed by atoms with van der Waals surface area (Å²) in [4.78, 5) is 11.4. The van der Waals surface area contributed by atoms with E-state index in [9.17, 15) is 4.79 Å². The molecule has 0 aliphatic heterocycles. The third-order valence-electron chi connectivity index (χ3n) is 2.67. The molecule has 0 spiro atoms. The lowest BCUT2D eigenvalue weighted by Gasteiger charge is -2.09. The van der Waals surface area contributed by atoms with E-state index in [0.29, 0.717) is 17.8 Å². The van der Waals surface area contributed by atoms with Gasteiger partial charge in [0.15, 0.2) is 5.76 Å². The molecule has 6 heteroatoms. The van der Waals surface area contributed by atoms with Crippen molar-refractivity contribution >= 4 is 17.3 Å². The van der Waals surface area contributed by atoms with E-state index in [4.69, 9.17) is 10.3 Å². The summed E-state index contributed by atoms with van der Waals surface area (Å²) in [6.07, 6.45) is 0. The monoisotopic (exact) mass is 260 g/mol. The van der Waals surface area contributed by atoms with E-state index in [1.807, 2.05) is 13.0 Å². The third-order valence-corrected chi connectivity index (χ3v) is 2.67. The van der Waals surface area contributed by atoms with Gasteiger partial charge in [-0.3, -0.25) is 4.79 Å². The minimum atomic E-state index is -0.163. The van der Waals surface area contributed by atoms with Gasteiger partial charge in [-0.1, -0.05) is 5.16 Å². The van der Waals surface area contributed by atoms with Crippen LogP contribution in [0, 0.1) is 6.92 Å². The Morgan fingerprint density at radius 3 is 2.79 bits per heavy atom. The number of nitrogens with one attached hydrogen (secondary N) is 2. The van der Waals surface area contributed by atoms with Gasteiger partial charge in [-0.2, -0.15) is 0 Å². The number of hydrogen-bond donors (Lipinski definition) is 3. The summed E-state index contributed by atoms with van der Waals surface area (Å²) < 4.78 is 5.09. The number of benzene rings is 1. The van der Waals surface area contributed by atoms with Crippen molar-refractivity contribution in [3.63, 3.8) is 0 Å². The first-order valence-corrected chi connectivity index (χ1v) is 5.88. The van der Waals surface area contributed by atoms with Crippen molar-refractivity contribution in [3.8, 4) is 0 Å². The molecule has 0 bridgehead atoms. The van der Waals surface area contributed by atoms with Crippen molar-refractivity contribution in [2.45, 2.75) is 13.5 Å². The SMILES string of the molecule is CNC(=O)c1ccc(NCc2cc(C)no2)c(N)c1. The standard InChI is InChI=1S/C13H16N4O2/c1-8-5-10(19-17-8)7-16-12-4-3-9(6-11(12)14)13(18)15-2/h3-6,16H,7,14H2,1-2H3,(H,15,18). The lowest BCUT2D eigenvalue weighted by atomic mass is 10.1. The van der Waals surface area contributed by atoms with Crippen LogP contribution in [0.4, 0.5) is 11.4 Å². The highest BCUT2D eigenvalue weighted by Crippen LogP contribution is 2.20. The molecule has 4 N–H and O–H groups in total. The molecule has 0 aliphatic carbocycles. The number of nitrogen functional groups attached to an aromatic ring is 1. The predicted molar refractivity (Wildman–Crippen MR) is 72.8 cm³/mol. The van der Waals surface area contributed by atoms with Crippen LogP contribution in [0.15, 0.2) is 28.8 Å². The normalized spacial score (nSPS) is 10.2. The number of aromatic nitrogens is 1. The van der Waals surface area contributed by atoms with Gasteiger partial charge >= 0.3 is 0 Å². The molecule has 1 aromatic carbocycles. The molecule has 1 amide bonds. The average molecular weight is 260 g/mol. The van der Waals surface area contributed by atoms with Crippen molar-refractivity contribution < 1.29 is 9.32 Å². The molecule has 1 heterocycles. The molecule has 100 valence electrons. The Balaban J connectivity index is 2.07. The van der Waals surface area contributed by atoms with Crippen molar-refractivity contribution in [3.05, 3.63) is 41.3 Å². The van der Waals surface area contributed by atoms with E-state index in [-0.39, 0.29) is 5.91 Å². The number of anilines is 2. The van der Waals surface area contributed by atoms with Gasteiger partial charge < -0.3 is 20.9 Å². The molecule has 6 nitrogen and oxygen atoms in total. The molecule has 19 heavy (non-hydrogen) atoms. The molecule has 0 atom stereocenters. The van der Waals surface area contributed by atoms with Crippen LogP contribution in [-0.2, 0) is 6.54 Å². The Kier molecular flexibility index (Phi) is 3.70. The second-order valence-electron chi connectivity index (χ2n) is 4.17. The molecule has 0 radical (unpaired) electrons. The summed E-state index contributed by atoms with van der Waals surface area (Å²) >= 11 is 0. The minimum Gasteiger partial charge on any atom is -0.397 e. The van der Waals surface area contributed by atoms with E-state index < -0.39 is 0 Å². The summed E-state index contributed by atoms with van der Waals surface area (Å²) in [6, 6.07) is 6.96. The largest absolute Gasteiger partial charge is 0.397 e. The molecule has 0 fully saturated rings. The smallest absolute Gasteiger partial charge is 0.251 e. The number of amides is 1. The fourth-order valence-electron chi connectivity index (χ4n) is 1.69. The second kappa shape index (κ2) is 5.43. The lowest BCUT2D eigenvalue weighted by molar-refractivity contribution is 0.0963. The van der Waals surface area contributed by atoms with Crippen LogP contribution in [0.5, 0.6) is 0 Å². The number of nitrogens with two attached hydrogens (primary N) is 1. The van der Waals surface area contributed by atoms with Crippen molar-refractivity contribution in [2.75, 3.05) is 18.1 Å². The average Bonchev–Trinajstić information content (AvgIpc) is 2.82. The minimum absolute atomic E-state index is 0.163. The fraction of sp³-hybridized carbons (Fsp3) is 0.231. The summed E-state index contributed by atoms with van der Waals surface area (Å²) in [5, 5.41) is 9.49. The number of nitrogens with zero attached hydrogens (tertiary/aromatic N) is 1. The highest BCUT2D eigenvalue weighted by atomic mass is 16.5. The fourth-order valence-corrected chi connectivity index (χ4v) is 1.69. The van der Waals surface area contributed by atoms with Gasteiger partial charge in [-0.15, -0.1) is 0 Å². The first-order valence-electron chi connectivity index (χ1n) is 5.88. The van der Waals surface area contributed by atoms with Gasteiger partial charge in [0.25, 0.3) is 5.91 Å². The molecule has 2 rings (SSSR count). The molecular weight excluding hydrogens is 244 g/mol. The first kappa shape index (κ1) is 12.9. The number of carbonyl (C=O) groups excluding carboxylic acids is 1. The maximum Gasteiger partial charge on any atom is 0.251 e. The Labute approximate surface area is 111 Å². The van der Waals surface area contributed by atoms with E-state index in [1.165, 1.54) is 0 Å². The lowest BCUT2D eigenvalue weighted by Crippen LogP contribution is -2.18. The quantitative estimate of drug-likeness (QED) is 0.725. The highest BCUT2D eigenvalue weighted by Gasteiger charge is 2.07. The van der Waals surface area contributed by atoms with Crippen LogP contribution >= 0.6 is 0 Å². The van der Waals surface area contributed by atoms with Crippen molar-refractivity contribution in [1.29, 1.82) is 0 Å². The van der Waals surface area contributed by atoms with Gasteiger partial charge in [0.05, 0.1) is 23.6 Å². The van der Waals surface area contributed by atoms with Gasteiger partial charge in [0.2, 0.25) is 0 Å². The number of hydrogen-bond acceptors (Lipinski definition) is 5. The molecule has 0 aliphatic rings. The molecule has 1 aromatic heterocycles. The summed E-state index contributed by atoms with van der Waals surface area (Å²) in [6.45, 7) is 2.35. The maximum absolute atomic E-state index is 11.4. The summed E-state index contributed by atoms with van der Waals surface area (Å²) in [5.41, 5.74) is 8.52. The zero-order valence-electron chi connectivity index (χ0n) is 10.9.